The molecule has 1 saturated heterocycles. The van der Waals surface area contributed by atoms with Crippen molar-refractivity contribution in [2.75, 3.05) is 6.61 Å². The number of benzene rings is 3. The minimum absolute atomic E-state index is 0.00473. The molecular weight excluding hydrogens is 363 g/mol. The molecule has 2 N–H and O–H groups in total. The van der Waals surface area contributed by atoms with Gasteiger partial charge in [-0.3, -0.25) is 0 Å². The Morgan fingerprint density at radius 3 is 2.59 bits per heavy atom. The van der Waals surface area contributed by atoms with Crippen molar-refractivity contribution < 1.29 is 9.13 Å². The molecule has 0 radical (unpaired) electrons. The summed E-state index contributed by atoms with van der Waals surface area (Å²) in [5.41, 5.74) is 8.47. The third kappa shape index (κ3) is 4.48. The molecule has 4 atom stereocenters. The summed E-state index contributed by atoms with van der Waals surface area (Å²) < 4.78 is 19.3. The molecule has 3 aromatic carbocycles. The second-order valence-corrected chi connectivity index (χ2v) is 7.92. The molecule has 4 rings (SSSR count). The SMILES string of the molecule is N#CCC1CC(CC(N)c2ccc(F)cc2)OCC1c1ccc2ccccc2c1. The molecule has 1 aliphatic heterocycles. The van der Waals surface area contributed by atoms with E-state index in [1.807, 2.05) is 12.1 Å². The van der Waals surface area contributed by atoms with Crippen LogP contribution in [-0.4, -0.2) is 12.7 Å². The molecule has 1 aliphatic rings. The topological polar surface area (TPSA) is 59.0 Å². The predicted octanol–water partition coefficient (Wildman–Crippen LogP) is 5.47. The van der Waals surface area contributed by atoms with Crippen LogP contribution in [0.25, 0.3) is 10.8 Å². The number of fused-ring (bicyclic) bond motifs is 1. The zero-order valence-electron chi connectivity index (χ0n) is 16.3. The Hall–Kier alpha value is -2.74. The van der Waals surface area contributed by atoms with Crippen molar-refractivity contribution in [2.45, 2.75) is 37.3 Å². The Labute approximate surface area is 170 Å². The first-order chi connectivity index (χ1) is 14.1. The Morgan fingerprint density at radius 2 is 1.83 bits per heavy atom. The van der Waals surface area contributed by atoms with Gasteiger partial charge in [-0.25, -0.2) is 4.39 Å². The number of hydrogen-bond acceptors (Lipinski definition) is 3. The molecule has 29 heavy (non-hydrogen) atoms. The maximum atomic E-state index is 13.2. The summed E-state index contributed by atoms with van der Waals surface area (Å²) in [6.07, 6.45) is 1.98. The molecule has 0 amide bonds. The van der Waals surface area contributed by atoms with E-state index >= 15 is 0 Å². The van der Waals surface area contributed by atoms with Crippen LogP contribution in [0.5, 0.6) is 0 Å². The maximum absolute atomic E-state index is 13.2. The molecule has 4 unspecified atom stereocenters. The van der Waals surface area contributed by atoms with Crippen molar-refractivity contribution in [3.63, 3.8) is 0 Å². The van der Waals surface area contributed by atoms with Crippen molar-refractivity contribution >= 4 is 10.8 Å². The fourth-order valence-corrected chi connectivity index (χ4v) is 4.39. The lowest BCUT2D eigenvalue weighted by Crippen LogP contribution is -2.34. The fourth-order valence-electron chi connectivity index (χ4n) is 4.39. The molecule has 1 fully saturated rings. The molecule has 0 aromatic heterocycles. The van der Waals surface area contributed by atoms with Crippen LogP contribution in [0.2, 0.25) is 0 Å². The minimum atomic E-state index is -0.262. The third-order valence-corrected chi connectivity index (χ3v) is 6.02. The van der Waals surface area contributed by atoms with Crippen LogP contribution >= 0.6 is 0 Å². The van der Waals surface area contributed by atoms with E-state index in [-0.39, 0.29) is 29.8 Å². The lowest BCUT2D eigenvalue weighted by atomic mass is 9.78. The van der Waals surface area contributed by atoms with E-state index in [9.17, 15) is 9.65 Å². The fraction of sp³-hybridized carbons (Fsp3) is 0.320. The molecule has 0 saturated carbocycles. The van der Waals surface area contributed by atoms with Gasteiger partial charge in [-0.1, -0.05) is 54.6 Å². The molecule has 3 aromatic rings. The monoisotopic (exact) mass is 388 g/mol. The Kier molecular flexibility index (Phi) is 5.89. The van der Waals surface area contributed by atoms with Crippen molar-refractivity contribution in [1.82, 2.24) is 0 Å². The summed E-state index contributed by atoms with van der Waals surface area (Å²) in [6, 6.07) is 23.3. The first-order valence-corrected chi connectivity index (χ1v) is 10.1. The van der Waals surface area contributed by atoms with Crippen LogP contribution in [0.15, 0.2) is 66.7 Å². The third-order valence-electron chi connectivity index (χ3n) is 6.02. The molecule has 1 heterocycles. The highest BCUT2D eigenvalue weighted by Crippen LogP contribution is 2.38. The van der Waals surface area contributed by atoms with Gasteiger partial charge >= 0.3 is 0 Å². The lowest BCUT2D eigenvalue weighted by Gasteiger charge is -2.36. The second kappa shape index (κ2) is 8.73. The number of hydrogen-bond donors (Lipinski definition) is 1. The quantitative estimate of drug-likeness (QED) is 0.630. The number of rotatable bonds is 5. The Morgan fingerprint density at radius 1 is 1.07 bits per heavy atom. The highest BCUT2D eigenvalue weighted by atomic mass is 19.1. The van der Waals surface area contributed by atoms with Gasteiger partial charge in [0.1, 0.15) is 5.82 Å². The van der Waals surface area contributed by atoms with E-state index in [0.29, 0.717) is 19.4 Å². The molecule has 0 aliphatic carbocycles. The molecule has 0 bridgehead atoms. The number of nitriles is 1. The van der Waals surface area contributed by atoms with E-state index in [0.717, 1.165) is 12.0 Å². The van der Waals surface area contributed by atoms with Crippen LogP contribution in [0.3, 0.4) is 0 Å². The van der Waals surface area contributed by atoms with Crippen molar-refractivity contribution in [1.29, 1.82) is 5.26 Å². The standard InChI is InChI=1S/C25H25FN2O/c26-22-9-7-18(8-10-22)25(28)15-23-14-21(11-12-27)24(16-29-23)20-6-5-17-3-1-2-4-19(17)13-20/h1-10,13,21,23-25H,11,14-16,28H2. The van der Waals surface area contributed by atoms with Crippen LogP contribution in [0, 0.1) is 23.1 Å². The first kappa shape index (κ1) is 19.6. The Balaban J connectivity index is 1.48. The van der Waals surface area contributed by atoms with Crippen LogP contribution in [-0.2, 0) is 4.74 Å². The summed E-state index contributed by atoms with van der Waals surface area (Å²) in [4.78, 5) is 0. The smallest absolute Gasteiger partial charge is 0.123 e. The van der Waals surface area contributed by atoms with E-state index < -0.39 is 0 Å². The normalized spacial score (nSPS) is 22.9. The maximum Gasteiger partial charge on any atom is 0.123 e. The van der Waals surface area contributed by atoms with Gasteiger partial charge in [-0.2, -0.15) is 5.26 Å². The van der Waals surface area contributed by atoms with Crippen LogP contribution < -0.4 is 5.73 Å². The van der Waals surface area contributed by atoms with Crippen molar-refractivity contribution in [2.24, 2.45) is 11.7 Å². The van der Waals surface area contributed by atoms with Gasteiger partial charge in [0.25, 0.3) is 0 Å². The van der Waals surface area contributed by atoms with Gasteiger partial charge in [0, 0.05) is 18.4 Å². The largest absolute Gasteiger partial charge is 0.377 e. The summed E-state index contributed by atoms with van der Waals surface area (Å²) in [6.45, 7) is 0.589. The second-order valence-electron chi connectivity index (χ2n) is 7.92. The number of ether oxygens (including phenoxy) is 1. The first-order valence-electron chi connectivity index (χ1n) is 10.1. The van der Waals surface area contributed by atoms with Gasteiger partial charge in [0.2, 0.25) is 0 Å². The molecular formula is C25H25FN2O. The highest BCUT2D eigenvalue weighted by molar-refractivity contribution is 5.83. The van der Waals surface area contributed by atoms with Gasteiger partial charge in [0.15, 0.2) is 0 Å². The minimum Gasteiger partial charge on any atom is -0.377 e. The predicted molar refractivity (Wildman–Crippen MR) is 113 cm³/mol. The summed E-state index contributed by atoms with van der Waals surface area (Å²) in [5.74, 6) is 0.181. The van der Waals surface area contributed by atoms with Crippen LogP contribution in [0.1, 0.15) is 42.3 Å². The molecule has 4 heteroatoms. The lowest BCUT2D eigenvalue weighted by molar-refractivity contribution is -0.0296. The van der Waals surface area contributed by atoms with Crippen molar-refractivity contribution in [3.05, 3.63) is 83.7 Å². The van der Waals surface area contributed by atoms with E-state index in [1.165, 1.54) is 28.5 Å². The molecule has 3 nitrogen and oxygen atoms in total. The average Bonchev–Trinajstić information content (AvgIpc) is 2.74. The number of nitrogens with zero attached hydrogens (tertiary/aromatic N) is 1. The van der Waals surface area contributed by atoms with E-state index in [1.54, 1.807) is 12.1 Å². The zero-order chi connectivity index (χ0) is 20.2. The Bertz CT molecular complexity index is 1010. The van der Waals surface area contributed by atoms with E-state index in [4.69, 9.17) is 10.5 Å². The van der Waals surface area contributed by atoms with Gasteiger partial charge in [0.05, 0.1) is 18.8 Å². The average molecular weight is 388 g/mol. The number of halogens is 1. The zero-order valence-corrected chi connectivity index (χ0v) is 16.3. The summed E-state index contributed by atoms with van der Waals surface area (Å²) in [5, 5.41) is 11.8. The van der Waals surface area contributed by atoms with Gasteiger partial charge in [-0.15, -0.1) is 0 Å². The van der Waals surface area contributed by atoms with Crippen molar-refractivity contribution in [3.8, 4) is 6.07 Å². The molecule has 0 spiro atoms. The highest BCUT2D eigenvalue weighted by Gasteiger charge is 2.33. The van der Waals surface area contributed by atoms with E-state index in [2.05, 4.69) is 36.4 Å². The van der Waals surface area contributed by atoms with Gasteiger partial charge < -0.3 is 10.5 Å². The summed E-state index contributed by atoms with van der Waals surface area (Å²) >= 11 is 0. The number of nitrogens with two attached hydrogens (primary N) is 1. The summed E-state index contributed by atoms with van der Waals surface area (Å²) in [7, 11) is 0. The van der Waals surface area contributed by atoms with Gasteiger partial charge in [-0.05, 0) is 52.8 Å². The van der Waals surface area contributed by atoms with Crippen LogP contribution in [0.4, 0.5) is 4.39 Å². The molecule has 148 valence electrons.